The molecule has 0 aromatic heterocycles. The molecule has 0 atom stereocenters. The lowest BCUT2D eigenvalue weighted by atomic mass is 10.0. The van der Waals surface area contributed by atoms with E-state index in [1.807, 2.05) is 0 Å². The normalized spacial score (nSPS) is 12.6. The standard InChI is InChI=1S/C43H81NO/c1-5-7-9-11-13-15-17-19-21-23-25-27-29-31-33-35-39-43(45-42-38-37-41-44(3)4)40-36-34-32-30-28-26-24-22-20-18-16-14-12-10-8-6-2/h13-16,19-22,43H,5-12,17-18,23-42H2,1-4H3/b15-13+,16-14+,21-19+,22-20+. The predicted molar refractivity (Wildman–Crippen MR) is 205 cm³/mol. The summed E-state index contributed by atoms with van der Waals surface area (Å²) in [7, 11) is 4.33. The second-order valence-corrected chi connectivity index (χ2v) is 13.7. The highest BCUT2D eigenvalue weighted by molar-refractivity contribution is 4.93. The fourth-order valence-electron chi connectivity index (χ4n) is 5.81. The minimum atomic E-state index is 0.487. The first-order valence-electron chi connectivity index (χ1n) is 20.1. The number of unbranched alkanes of at least 4 members (excludes halogenated alkanes) is 19. The van der Waals surface area contributed by atoms with Gasteiger partial charge in [-0.3, -0.25) is 0 Å². The van der Waals surface area contributed by atoms with Crippen molar-refractivity contribution in [2.45, 2.75) is 200 Å². The van der Waals surface area contributed by atoms with Crippen molar-refractivity contribution in [2.24, 2.45) is 0 Å². The summed E-state index contributed by atoms with van der Waals surface area (Å²) in [5, 5.41) is 0. The molecule has 0 heterocycles. The Kier molecular flexibility index (Phi) is 38.1. The second-order valence-electron chi connectivity index (χ2n) is 13.7. The first-order chi connectivity index (χ1) is 22.2. The molecule has 2 heteroatoms. The average Bonchev–Trinajstić information content (AvgIpc) is 3.03. The van der Waals surface area contributed by atoms with Crippen LogP contribution in [-0.4, -0.2) is 38.3 Å². The number of hydrogen-bond acceptors (Lipinski definition) is 2. The van der Waals surface area contributed by atoms with Gasteiger partial charge >= 0.3 is 0 Å². The van der Waals surface area contributed by atoms with Crippen LogP contribution in [0.3, 0.4) is 0 Å². The highest BCUT2D eigenvalue weighted by atomic mass is 16.5. The van der Waals surface area contributed by atoms with Crippen LogP contribution < -0.4 is 0 Å². The summed E-state index contributed by atoms with van der Waals surface area (Å²) >= 11 is 0. The highest BCUT2D eigenvalue weighted by Crippen LogP contribution is 2.18. The van der Waals surface area contributed by atoms with Crippen LogP contribution in [0.2, 0.25) is 0 Å². The van der Waals surface area contributed by atoms with E-state index in [4.69, 9.17) is 4.74 Å². The molecule has 0 fully saturated rings. The molecule has 0 saturated heterocycles. The van der Waals surface area contributed by atoms with Gasteiger partial charge in [-0.1, -0.05) is 152 Å². The molecule has 0 aromatic rings. The van der Waals surface area contributed by atoms with Crippen molar-refractivity contribution >= 4 is 0 Å². The van der Waals surface area contributed by atoms with Gasteiger partial charge in [-0.2, -0.15) is 0 Å². The van der Waals surface area contributed by atoms with Crippen LogP contribution >= 0.6 is 0 Å². The molecule has 2 nitrogen and oxygen atoms in total. The third-order valence-electron chi connectivity index (χ3n) is 8.81. The van der Waals surface area contributed by atoms with Crippen molar-refractivity contribution in [3.63, 3.8) is 0 Å². The van der Waals surface area contributed by atoms with Gasteiger partial charge in [-0.05, 0) is 111 Å². The minimum absolute atomic E-state index is 0.487. The minimum Gasteiger partial charge on any atom is -0.378 e. The molecule has 0 saturated carbocycles. The van der Waals surface area contributed by atoms with E-state index in [2.05, 4.69) is 81.5 Å². The third-order valence-corrected chi connectivity index (χ3v) is 8.81. The molecule has 264 valence electrons. The Bertz CT molecular complexity index is 613. The van der Waals surface area contributed by atoms with Gasteiger partial charge in [0.05, 0.1) is 6.10 Å². The maximum atomic E-state index is 6.43. The molecule has 45 heavy (non-hydrogen) atoms. The highest BCUT2D eigenvalue weighted by Gasteiger charge is 2.09. The van der Waals surface area contributed by atoms with Gasteiger partial charge in [0.2, 0.25) is 0 Å². The molecular weight excluding hydrogens is 546 g/mol. The molecule has 0 aliphatic carbocycles. The van der Waals surface area contributed by atoms with Crippen LogP contribution in [0, 0.1) is 0 Å². The Balaban J connectivity index is 3.88. The van der Waals surface area contributed by atoms with Crippen LogP contribution in [0.1, 0.15) is 194 Å². The Labute approximate surface area is 284 Å². The van der Waals surface area contributed by atoms with E-state index in [0.717, 1.165) is 19.4 Å². The molecule has 0 aliphatic heterocycles. The molecule has 0 rings (SSSR count). The van der Waals surface area contributed by atoms with Gasteiger partial charge in [0.15, 0.2) is 0 Å². The summed E-state index contributed by atoms with van der Waals surface area (Å²) < 4.78 is 6.43. The van der Waals surface area contributed by atoms with Gasteiger partial charge in [-0.15, -0.1) is 0 Å². The van der Waals surface area contributed by atoms with Gasteiger partial charge < -0.3 is 9.64 Å². The number of ether oxygens (including phenoxy) is 1. The largest absolute Gasteiger partial charge is 0.378 e. The molecule has 0 bridgehead atoms. The fourth-order valence-corrected chi connectivity index (χ4v) is 5.81. The molecule has 0 N–H and O–H groups in total. The Morgan fingerprint density at radius 1 is 0.422 bits per heavy atom. The van der Waals surface area contributed by atoms with Crippen LogP contribution in [0.25, 0.3) is 0 Å². The van der Waals surface area contributed by atoms with Crippen LogP contribution in [0.5, 0.6) is 0 Å². The number of nitrogens with zero attached hydrogens (tertiary/aromatic N) is 1. The van der Waals surface area contributed by atoms with E-state index in [1.54, 1.807) is 0 Å². The van der Waals surface area contributed by atoms with Crippen LogP contribution in [0.15, 0.2) is 48.6 Å². The van der Waals surface area contributed by atoms with Crippen molar-refractivity contribution in [1.29, 1.82) is 0 Å². The second kappa shape index (κ2) is 39.1. The SMILES string of the molecule is CCCCC/C=C/C/C=C/CCCCCCCCC(CCCCCCCC/C=C/C/C=C/CCCCC)OCCCCN(C)C. The van der Waals surface area contributed by atoms with E-state index in [-0.39, 0.29) is 0 Å². The summed E-state index contributed by atoms with van der Waals surface area (Å²) in [6.45, 7) is 6.66. The number of rotatable bonds is 36. The first kappa shape index (κ1) is 43.9. The van der Waals surface area contributed by atoms with E-state index in [1.165, 1.54) is 173 Å². The van der Waals surface area contributed by atoms with Crippen molar-refractivity contribution < 1.29 is 4.74 Å². The first-order valence-corrected chi connectivity index (χ1v) is 20.1. The summed E-state index contributed by atoms with van der Waals surface area (Å²) in [5.41, 5.74) is 0. The summed E-state index contributed by atoms with van der Waals surface area (Å²) in [6, 6.07) is 0. The predicted octanol–water partition coefficient (Wildman–Crippen LogP) is 14.1. The van der Waals surface area contributed by atoms with E-state index < -0.39 is 0 Å². The quantitative estimate of drug-likeness (QED) is 0.0506. The molecule has 0 amide bonds. The zero-order chi connectivity index (χ0) is 32.7. The fraction of sp³-hybridized carbons (Fsp3) is 0.814. The van der Waals surface area contributed by atoms with Gasteiger partial charge in [0.1, 0.15) is 0 Å². The summed E-state index contributed by atoms with van der Waals surface area (Å²) in [5.74, 6) is 0. The van der Waals surface area contributed by atoms with Gasteiger partial charge in [0.25, 0.3) is 0 Å². The number of allylic oxidation sites excluding steroid dienone is 8. The maximum absolute atomic E-state index is 6.43. The number of hydrogen-bond donors (Lipinski definition) is 0. The topological polar surface area (TPSA) is 12.5 Å². The molecule has 0 unspecified atom stereocenters. The van der Waals surface area contributed by atoms with Crippen LogP contribution in [0.4, 0.5) is 0 Å². The Morgan fingerprint density at radius 3 is 1.20 bits per heavy atom. The van der Waals surface area contributed by atoms with Crippen LogP contribution in [-0.2, 0) is 4.74 Å². The zero-order valence-corrected chi connectivity index (χ0v) is 31.3. The van der Waals surface area contributed by atoms with Gasteiger partial charge in [-0.25, -0.2) is 0 Å². The van der Waals surface area contributed by atoms with Crippen molar-refractivity contribution in [3.8, 4) is 0 Å². The lowest BCUT2D eigenvalue weighted by Gasteiger charge is -2.18. The Hall–Kier alpha value is -1.12. The molecular formula is C43H81NO. The molecule has 0 spiro atoms. The van der Waals surface area contributed by atoms with Crippen molar-refractivity contribution in [3.05, 3.63) is 48.6 Å². The zero-order valence-electron chi connectivity index (χ0n) is 31.3. The van der Waals surface area contributed by atoms with Crippen molar-refractivity contribution in [1.82, 2.24) is 4.90 Å². The molecule has 0 radical (unpaired) electrons. The van der Waals surface area contributed by atoms with E-state index in [9.17, 15) is 0 Å². The summed E-state index contributed by atoms with van der Waals surface area (Å²) in [4.78, 5) is 2.28. The molecule has 0 aromatic carbocycles. The summed E-state index contributed by atoms with van der Waals surface area (Å²) in [6.07, 6.45) is 56.1. The van der Waals surface area contributed by atoms with E-state index in [0.29, 0.717) is 6.10 Å². The third kappa shape index (κ3) is 39.0. The smallest absolute Gasteiger partial charge is 0.0575 e. The maximum Gasteiger partial charge on any atom is 0.0575 e. The Morgan fingerprint density at radius 2 is 0.800 bits per heavy atom. The van der Waals surface area contributed by atoms with Gasteiger partial charge in [0, 0.05) is 6.61 Å². The van der Waals surface area contributed by atoms with Crippen molar-refractivity contribution in [2.75, 3.05) is 27.2 Å². The lowest BCUT2D eigenvalue weighted by Crippen LogP contribution is -2.16. The molecule has 0 aliphatic rings. The lowest BCUT2D eigenvalue weighted by molar-refractivity contribution is 0.0353. The van der Waals surface area contributed by atoms with E-state index >= 15 is 0 Å². The monoisotopic (exact) mass is 628 g/mol. The average molecular weight is 628 g/mol.